The van der Waals surface area contributed by atoms with Crippen LogP contribution in [0.5, 0.6) is 0 Å². The molecule has 7 nitrogen and oxygen atoms in total. The highest BCUT2D eigenvalue weighted by Gasteiger charge is 2.21. The van der Waals surface area contributed by atoms with Crippen LogP contribution < -0.4 is 10.6 Å². The Balaban J connectivity index is 2.57. The second-order valence-electron chi connectivity index (χ2n) is 4.27. The van der Waals surface area contributed by atoms with Crippen LogP contribution in [0.1, 0.15) is 6.42 Å². The Hall–Kier alpha value is -2.09. The fourth-order valence-corrected chi connectivity index (χ4v) is 2.10. The van der Waals surface area contributed by atoms with Gasteiger partial charge in [0.1, 0.15) is 15.9 Å². The number of amides is 2. The van der Waals surface area contributed by atoms with Crippen LogP contribution in [0.25, 0.3) is 0 Å². The van der Waals surface area contributed by atoms with Crippen molar-refractivity contribution in [2.75, 3.05) is 17.3 Å². The average Bonchev–Trinajstić information content (AvgIpc) is 2.34. The van der Waals surface area contributed by atoms with Gasteiger partial charge in [-0.1, -0.05) is 18.2 Å². The standard InChI is InChI=1S/C12H16N2O5S/c1-20(18,19)8-7-10(11(15)16)14-12(17)13-9-5-3-2-4-6-9/h2-6,10H,7-8H2,1H3,(H,15,16)(H2,13,14,17). The fourth-order valence-electron chi connectivity index (χ4n) is 1.44. The van der Waals surface area contributed by atoms with E-state index in [2.05, 4.69) is 10.6 Å². The third kappa shape index (κ3) is 6.19. The number of sulfone groups is 1. The van der Waals surface area contributed by atoms with Crippen molar-refractivity contribution >= 4 is 27.5 Å². The molecular weight excluding hydrogens is 284 g/mol. The molecule has 0 spiro atoms. The van der Waals surface area contributed by atoms with Gasteiger partial charge in [-0.3, -0.25) is 0 Å². The Morgan fingerprint density at radius 1 is 1.25 bits per heavy atom. The molecule has 0 radical (unpaired) electrons. The maximum atomic E-state index is 11.6. The van der Waals surface area contributed by atoms with Gasteiger partial charge in [0.25, 0.3) is 0 Å². The minimum atomic E-state index is -3.28. The van der Waals surface area contributed by atoms with Crippen molar-refractivity contribution in [2.24, 2.45) is 0 Å². The number of hydrogen-bond donors (Lipinski definition) is 3. The Morgan fingerprint density at radius 2 is 1.85 bits per heavy atom. The number of hydrogen-bond acceptors (Lipinski definition) is 4. The van der Waals surface area contributed by atoms with E-state index in [1.807, 2.05) is 0 Å². The molecule has 0 saturated heterocycles. The first-order valence-corrected chi connectivity index (χ1v) is 7.87. The summed E-state index contributed by atoms with van der Waals surface area (Å²) in [7, 11) is -3.28. The van der Waals surface area contributed by atoms with Crippen LogP contribution in [-0.2, 0) is 14.6 Å². The Bertz CT molecular complexity index is 571. The number of carboxylic acids is 1. The zero-order valence-electron chi connectivity index (χ0n) is 10.9. The van der Waals surface area contributed by atoms with E-state index in [1.54, 1.807) is 30.3 Å². The molecule has 2 amide bonds. The topological polar surface area (TPSA) is 113 Å². The van der Waals surface area contributed by atoms with Gasteiger partial charge in [0, 0.05) is 11.9 Å². The summed E-state index contributed by atoms with van der Waals surface area (Å²) in [5.41, 5.74) is 0.511. The SMILES string of the molecule is CS(=O)(=O)CCC(NC(=O)Nc1ccccc1)C(=O)O. The second kappa shape index (κ2) is 6.90. The maximum Gasteiger partial charge on any atom is 0.326 e. The highest BCUT2D eigenvalue weighted by Crippen LogP contribution is 2.05. The third-order valence-corrected chi connectivity index (χ3v) is 3.39. The molecule has 8 heteroatoms. The number of anilines is 1. The van der Waals surface area contributed by atoms with Gasteiger partial charge >= 0.3 is 12.0 Å². The summed E-state index contributed by atoms with van der Waals surface area (Å²) in [6, 6.07) is 6.54. The minimum Gasteiger partial charge on any atom is -0.480 e. The molecule has 0 aliphatic carbocycles. The van der Waals surface area contributed by atoms with E-state index < -0.39 is 27.9 Å². The van der Waals surface area contributed by atoms with E-state index in [9.17, 15) is 18.0 Å². The number of rotatable bonds is 6. The summed E-state index contributed by atoms with van der Waals surface area (Å²) in [4.78, 5) is 22.6. The third-order valence-electron chi connectivity index (χ3n) is 2.41. The number of carbonyl (C=O) groups excluding carboxylic acids is 1. The predicted molar refractivity (Wildman–Crippen MR) is 74.3 cm³/mol. The van der Waals surface area contributed by atoms with Crippen molar-refractivity contribution in [1.82, 2.24) is 5.32 Å². The lowest BCUT2D eigenvalue weighted by Gasteiger charge is -2.14. The summed E-state index contributed by atoms with van der Waals surface area (Å²) < 4.78 is 22.0. The molecule has 0 aliphatic rings. The molecule has 0 aliphatic heterocycles. The van der Waals surface area contributed by atoms with Crippen molar-refractivity contribution in [3.63, 3.8) is 0 Å². The van der Waals surface area contributed by atoms with Crippen molar-refractivity contribution in [3.8, 4) is 0 Å². The molecule has 1 unspecified atom stereocenters. The summed E-state index contributed by atoms with van der Waals surface area (Å²) >= 11 is 0. The van der Waals surface area contributed by atoms with Crippen LogP contribution in [0.4, 0.5) is 10.5 Å². The van der Waals surface area contributed by atoms with Crippen molar-refractivity contribution in [3.05, 3.63) is 30.3 Å². The van der Waals surface area contributed by atoms with Crippen LogP contribution in [0, 0.1) is 0 Å². The fraction of sp³-hybridized carbons (Fsp3) is 0.333. The van der Waals surface area contributed by atoms with Crippen molar-refractivity contribution < 1.29 is 23.1 Å². The van der Waals surface area contributed by atoms with E-state index in [0.717, 1.165) is 6.26 Å². The molecule has 0 fully saturated rings. The molecule has 110 valence electrons. The summed E-state index contributed by atoms with van der Waals surface area (Å²) in [5, 5.41) is 13.6. The van der Waals surface area contributed by atoms with Crippen LogP contribution in [0.15, 0.2) is 30.3 Å². The molecule has 1 rings (SSSR count). The number of para-hydroxylation sites is 1. The van der Waals surface area contributed by atoms with E-state index in [0.29, 0.717) is 5.69 Å². The molecule has 0 heterocycles. The van der Waals surface area contributed by atoms with E-state index in [-0.39, 0.29) is 12.2 Å². The van der Waals surface area contributed by atoms with Crippen LogP contribution in [-0.4, -0.2) is 43.6 Å². The van der Waals surface area contributed by atoms with E-state index >= 15 is 0 Å². The van der Waals surface area contributed by atoms with Crippen LogP contribution in [0.3, 0.4) is 0 Å². The lowest BCUT2D eigenvalue weighted by atomic mass is 10.2. The van der Waals surface area contributed by atoms with Crippen LogP contribution >= 0.6 is 0 Å². The van der Waals surface area contributed by atoms with Gasteiger partial charge in [-0.15, -0.1) is 0 Å². The lowest BCUT2D eigenvalue weighted by Crippen LogP contribution is -2.43. The number of nitrogens with one attached hydrogen (secondary N) is 2. The zero-order chi connectivity index (χ0) is 15.2. The molecule has 0 saturated carbocycles. The summed E-state index contributed by atoms with van der Waals surface area (Å²) in [5.74, 6) is -1.59. The van der Waals surface area contributed by atoms with E-state index in [1.165, 1.54) is 0 Å². The second-order valence-corrected chi connectivity index (χ2v) is 6.53. The predicted octanol–water partition coefficient (Wildman–Crippen LogP) is 0.696. The number of aliphatic carboxylic acids is 1. The molecule has 0 aromatic heterocycles. The van der Waals surface area contributed by atoms with Gasteiger partial charge < -0.3 is 15.7 Å². The smallest absolute Gasteiger partial charge is 0.326 e. The monoisotopic (exact) mass is 300 g/mol. The van der Waals surface area contributed by atoms with E-state index in [4.69, 9.17) is 5.11 Å². The Labute approximate surface area is 116 Å². The molecule has 1 aromatic carbocycles. The summed E-state index contributed by atoms with van der Waals surface area (Å²) in [6.07, 6.45) is 0.826. The van der Waals surface area contributed by atoms with Gasteiger partial charge in [0.05, 0.1) is 5.75 Å². The number of urea groups is 1. The highest BCUT2D eigenvalue weighted by atomic mass is 32.2. The quantitative estimate of drug-likeness (QED) is 0.715. The Morgan fingerprint density at radius 3 is 2.35 bits per heavy atom. The lowest BCUT2D eigenvalue weighted by molar-refractivity contribution is -0.139. The number of benzene rings is 1. The molecular formula is C12H16N2O5S. The first-order valence-electron chi connectivity index (χ1n) is 5.81. The van der Waals surface area contributed by atoms with Gasteiger partial charge in [0.15, 0.2) is 0 Å². The Kier molecular flexibility index (Phi) is 5.51. The van der Waals surface area contributed by atoms with Crippen molar-refractivity contribution in [2.45, 2.75) is 12.5 Å². The van der Waals surface area contributed by atoms with Gasteiger partial charge in [0.2, 0.25) is 0 Å². The number of carboxylic acid groups (broad SMARTS) is 1. The minimum absolute atomic E-state index is 0.184. The summed E-state index contributed by atoms with van der Waals surface area (Å²) in [6.45, 7) is 0. The first-order chi connectivity index (χ1) is 9.28. The molecule has 1 aromatic rings. The average molecular weight is 300 g/mol. The van der Waals surface area contributed by atoms with Gasteiger partial charge in [-0.2, -0.15) is 0 Å². The largest absolute Gasteiger partial charge is 0.480 e. The maximum absolute atomic E-state index is 11.6. The number of carbonyl (C=O) groups is 2. The molecule has 0 bridgehead atoms. The first kappa shape index (κ1) is 16.0. The van der Waals surface area contributed by atoms with Gasteiger partial charge in [-0.05, 0) is 18.6 Å². The molecule has 20 heavy (non-hydrogen) atoms. The molecule has 3 N–H and O–H groups in total. The van der Waals surface area contributed by atoms with Gasteiger partial charge in [-0.25, -0.2) is 18.0 Å². The highest BCUT2D eigenvalue weighted by molar-refractivity contribution is 7.90. The van der Waals surface area contributed by atoms with Crippen molar-refractivity contribution in [1.29, 1.82) is 0 Å². The normalized spacial score (nSPS) is 12.4. The zero-order valence-corrected chi connectivity index (χ0v) is 11.7. The molecule has 1 atom stereocenters. The van der Waals surface area contributed by atoms with Crippen LogP contribution in [0.2, 0.25) is 0 Å².